The van der Waals surface area contributed by atoms with Crippen LogP contribution in [0.25, 0.3) is 0 Å². The predicted molar refractivity (Wildman–Crippen MR) is 74.4 cm³/mol. The normalized spacial score (nSPS) is 22.2. The Kier molecular flexibility index (Phi) is 5.19. The lowest BCUT2D eigenvalue weighted by molar-refractivity contribution is 0.0243. The fraction of sp³-hybridized carbons (Fsp3) is 0.600. The SMILES string of the molecule is Cc1cccc(OCC(O)CN2CCCC(O)C2)c1. The van der Waals surface area contributed by atoms with Crippen molar-refractivity contribution < 1.29 is 14.9 Å². The van der Waals surface area contributed by atoms with Crippen LogP contribution in [0, 0.1) is 6.92 Å². The van der Waals surface area contributed by atoms with Crippen molar-refractivity contribution in [3.63, 3.8) is 0 Å². The van der Waals surface area contributed by atoms with E-state index >= 15 is 0 Å². The fourth-order valence-corrected chi connectivity index (χ4v) is 2.45. The first kappa shape index (κ1) is 14.3. The number of aliphatic hydroxyl groups excluding tert-OH is 2. The number of likely N-dealkylation sites (tertiary alicyclic amines) is 1. The van der Waals surface area contributed by atoms with Crippen LogP contribution in [-0.2, 0) is 0 Å². The van der Waals surface area contributed by atoms with Gasteiger partial charge in [-0.2, -0.15) is 0 Å². The Balaban J connectivity index is 1.73. The summed E-state index contributed by atoms with van der Waals surface area (Å²) >= 11 is 0. The van der Waals surface area contributed by atoms with Crippen molar-refractivity contribution in [2.45, 2.75) is 32.0 Å². The van der Waals surface area contributed by atoms with E-state index in [0.29, 0.717) is 13.1 Å². The number of piperidine rings is 1. The van der Waals surface area contributed by atoms with Gasteiger partial charge in [0.05, 0.1) is 6.10 Å². The molecule has 0 radical (unpaired) electrons. The minimum absolute atomic E-state index is 0.251. The second-order valence-corrected chi connectivity index (χ2v) is 5.34. The van der Waals surface area contributed by atoms with E-state index in [9.17, 15) is 10.2 Å². The maximum atomic E-state index is 9.97. The molecule has 2 rings (SSSR count). The molecule has 1 aliphatic rings. The van der Waals surface area contributed by atoms with Gasteiger partial charge in [0.1, 0.15) is 18.5 Å². The molecule has 1 fully saturated rings. The zero-order valence-corrected chi connectivity index (χ0v) is 11.5. The molecule has 0 bridgehead atoms. The van der Waals surface area contributed by atoms with Crippen molar-refractivity contribution in [3.8, 4) is 5.75 Å². The van der Waals surface area contributed by atoms with E-state index in [1.165, 1.54) is 0 Å². The number of nitrogens with zero attached hydrogens (tertiary/aromatic N) is 1. The van der Waals surface area contributed by atoms with Crippen LogP contribution in [-0.4, -0.2) is 53.6 Å². The lowest BCUT2D eigenvalue weighted by atomic mass is 10.1. The van der Waals surface area contributed by atoms with Gasteiger partial charge in [-0.1, -0.05) is 12.1 Å². The average molecular weight is 265 g/mol. The molecule has 106 valence electrons. The highest BCUT2D eigenvalue weighted by molar-refractivity contribution is 5.27. The molecule has 1 heterocycles. The molecule has 4 heteroatoms. The van der Waals surface area contributed by atoms with Crippen molar-refractivity contribution in [1.29, 1.82) is 0 Å². The number of hydrogen-bond acceptors (Lipinski definition) is 4. The van der Waals surface area contributed by atoms with Crippen molar-refractivity contribution in [2.24, 2.45) is 0 Å². The van der Waals surface area contributed by atoms with E-state index in [1.54, 1.807) is 0 Å². The molecule has 0 saturated carbocycles. The molecule has 1 saturated heterocycles. The van der Waals surface area contributed by atoms with Crippen LogP contribution in [0.3, 0.4) is 0 Å². The molecule has 0 aromatic heterocycles. The van der Waals surface area contributed by atoms with Gasteiger partial charge in [0.15, 0.2) is 0 Å². The van der Waals surface area contributed by atoms with E-state index in [0.717, 1.165) is 30.7 Å². The van der Waals surface area contributed by atoms with Gasteiger partial charge in [0.2, 0.25) is 0 Å². The first-order valence-electron chi connectivity index (χ1n) is 6.91. The highest BCUT2D eigenvalue weighted by atomic mass is 16.5. The van der Waals surface area contributed by atoms with Crippen LogP contribution in [0.1, 0.15) is 18.4 Å². The predicted octanol–water partition coefficient (Wildman–Crippen LogP) is 1.19. The van der Waals surface area contributed by atoms with Crippen molar-refractivity contribution in [2.75, 3.05) is 26.2 Å². The van der Waals surface area contributed by atoms with Gasteiger partial charge in [-0.25, -0.2) is 0 Å². The van der Waals surface area contributed by atoms with E-state index in [-0.39, 0.29) is 12.7 Å². The second-order valence-electron chi connectivity index (χ2n) is 5.34. The molecule has 0 aliphatic carbocycles. The summed E-state index contributed by atoms with van der Waals surface area (Å²) in [5.74, 6) is 0.790. The Morgan fingerprint density at radius 1 is 1.47 bits per heavy atom. The highest BCUT2D eigenvalue weighted by Gasteiger charge is 2.20. The smallest absolute Gasteiger partial charge is 0.119 e. The maximum absolute atomic E-state index is 9.97. The first-order valence-corrected chi connectivity index (χ1v) is 6.91. The number of benzene rings is 1. The molecule has 2 N–H and O–H groups in total. The van der Waals surface area contributed by atoms with Crippen molar-refractivity contribution >= 4 is 0 Å². The summed E-state index contributed by atoms with van der Waals surface area (Å²) < 4.78 is 5.58. The van der Waals surface area contributed by atoms with E-state index in [2.05, 4.69) is 4.90 Å². The van der Waals surface area contributed by atoms with Crippen LogP contribution >= 0.6 is 0 Å². The summed E-state index contributed by atoms with van der Waals surface area (Å²) in [5.41, 5.74) is 1.14. The van der Waals surface area contributed by atoms with Crippen LogP contribution in [0.5, 0.6) is 5.75 Å². The molecule has 19 heavy (non-hydrogen) atoms. The molecule has 2 unspecified atom stereocenters. The van der Waals surface area contributed by atoms with E-state index < -0.39 is 6.10 Å². The third-order valence-corrected chi connectivity index (χ3v) is 3.38. The first-order chi connectivity index (χ1) is 9.13. The van der Waals surface area contributed by atoms with Crippen LogP contribution in [0.4, 0.5) is 0 Å². The van der Waals surface area contributed by atoms with Gasteiger partial charge in [-0.05, 0) is 44.0 Å². The van der Waals surface area contributed by atoms with Crippen LogP contribution in [0.15, 0.2) is 24.3 Å². The number of β-amino-alcohol motifs (C(OH)–C–C–N with tert-alkyl or cyclic N) is 2. The molecule has 2 atom stereocenters. The molecule has 1 aromatic carbocycles. The molecule has 0 spiro atoms. The standard InChI is InChI=1S/C15H23NO3/c1-12-4-2-6-15(8-12)19-11-14(18)10-16-7-3-5-13(17)9-16/h2,4,6,8,13-14,17-18H,3,5,7,9-11H2,1H3. The number of rotatable bonds is 5. The lowest BCUT2D eigenvalue weighted by Gasteiger charge is -2.31. The van der Waals surface area contributed by atoms with Gasteiger partial charge < -0.3 is 14.9 Å². The monoisotopic (exact) mass is 265 g/mol. The fourth-order valence-electron chi connectivity index (χ4n) is 2.45. The largest absolute Gasteiger partial charge is 0.491 e. The zero-order valence-electron chi connectivity index (χ0n) is 11.5. The molecular formula is C15H23NO3. The molecule has 4 nitrogen and oxygen atoms in total. The van der Waals surface area contributed by atoms with Gasteiger partial charge in [0.25, 0.3) is 0 Å². The van der Waals surface area contributed by atoms with Crippen molar-refractivity contribution in [3.05, 3.63) is 29.8 Å². The van der Waals surface area contributed by atoms with Gasteiger partial charge in [0, 0.05) is 13.1 Å². The Morgan fingerprint density at radius 3 is 3.05 bits per heavy atom. The summed E-state index contributed by atoms with van der Waals surface area (Å²) in [4.78, 5) is 2.10. The Morgan fingerprint density at radius 2 is 2.32 bits per heavy atom. The molecular weight excluding hydrogens is 242 g/mol. The van der Waals surface area contributed by atoms with Crippen molar-refractivity contribution in [1.82, 2.24) is 4.90 Å². The summed E-state index contributed by atoms with van der Waals surface area (Å²) in [5, 5.41) is 19.5. The number of aryl methyl sites for hydroxylation is 1. The minimum Gasteiger partial charge on any atom is -0.491 e. The number of hydrogen-bond donors (Lipinski definition) is 2. The third kappa shape index (κ3) is 4.82. The average Bonchev–Trinajstić information content (AvgIpc) is 2.36. The Labute approximate surface area is 114 Å². The van der Waals surface area contributed by atoms with Gasteiger partial charge in [-0.15, -0.1) is 0 Å². The Bertz CT molecular complexity index is 397. The number of aliphatic hydroxyl groups is 2. The van der Waals surface area contributed by atoms with Crippen LogP contribution in [0.2, 0.25) is 0 Å². The van der Waals surface area contributed by atoms with E-state index in [4.69, 9.17) is 4.74 Å². The van der Waals surface area contributed by atoms with Gasteiger partial charge in [-0.3, -0.25) is 4.90 Å². The zero-order chi connectivity index (χ0) is 13.7. The molecule has 0 amide bonds. The topological polar surface area (TPSA) is 52.9 Å². The second kappa shape index (κ2) is 6.89. The summed E-state index contributed by atoms with van der Waals surface area (Å²) in [6.45, 7) is 4.46. The maximum Gasteiger partial charge on any atom is 0.119 e. The van der Waals surface area contributed by atoms with E-state index in [1.807, 2.05) is 31.2 Å². The highest BCUT2D eigenvalue weighted by Crippen LogP contribution is 2.13. The van der Waals surface area contributed by atoms with Crippen LogP contribution < -0.4 is 4.74 Å². The molecule has 1 aliphatic heterocycles. The third-order valence-electron chi connectivity index (χ3n) is 3.38. The summed E-state index contributed by atoms with van der Waals surface area (Å²) in [6, 6.07) is 7.80. The Hall–Kier alpha value is -1.10. The number of ether oxygens (including phenoxy) is 1. The van der Waals surface area contributed by atoms with Gasteiger partial charge >= 0.3 is 0 Å². The minimum atomic E-state index is -0.522. The lowest BCUT2D eigenvalue weighted by Crippen LogP contribution is -2.43. The summed E-state index contributed by atoms with van der Waals surface area (Å²) in [6.07, 6.45) is 1.09. The molecule has 1 aromatic rings. The summed E-state index contributed by atoms with van der Waals surface area (Å²) in [7, 11) is 0. The quantitative estimate of drug-likeness (QED) is 0.840.